The Kier molecular flexibility index (Phi) is 10.4. The number of halogens is 2. The van der Waals surface area contributed by atoms with Crippen LogP contribution in [0.25, 0.3) is 0 Å². The Hall–Kier alpha value is -1.45. The van der Waals surface area contributed by atoms with Crippen LogP contribution in [0.5, 0.6) is 0 Å². The van der Waals surface area contributed by atoms with Gasteiger partial charge < -0.3 is 5.11 Å². The molecule has 4 heteroatoms. The van der Waals surface area contributed by atoms with Gasteiger partial charge >= 0.3 is 5.97 Å². The van der Waals surface area contributed by atoms with Gasteiger partial charge in [0.2, 0.25) is 0 Å². The summed E-state index contributed by atoms with van der Waals surface area (Å²) in [4.78, 5) is 10.8. The first kappa shape index (κ1) is 21.6. The highest BCUT2D eigenvalue weighted by molar-refractivity contribution is 5.66. The van der Waals surface area contributed by atoms with Gasteiger partial charge in [0.1, 0.15) is 0 Å². The lowest BCUT2D eigenvalue weighted by Crippen LogP contribution is -2.30. The van der Waals surface area contributed by atoms with E-state index in [4.69, 9.17) is 5.11 Å². The highest BCUT2D eigenvalue weighted by Crippen LogP contribution is 2.43. The van der Waals surface area contributed by atoms with Gasteiger partial charge in [-0.05, 0) is 42.4 Å². The topological polar surface area (TPSA) is 37.3 Å². The average Bonchev–Trinajstić information content (AvgIpc) is 2.60. The SMILES string of the molecule is CC.CC.O=C(O)CCC1(c2ccc(F)c(F)c2)CCCCC1. The van der Waals surface area contributed by atoms with Gasteiger partial charge in [-0.15, -0.1) is 0 Å². The number of hydrogen-bond donors (Lipinski definition) is 1. The number of aliphatic carboxylic acids is 1. The summed E-state index contributed by atoms with van der Waals surface area (Å²) in [7, 11) is 0. The van der Waals surface area contributed by atoms with Crippen LogP contribution < -0.4 is 0 Å². The van der Waals surface area contributed by atoms with E-state index in [0.717, 1.165) is 43.7 Å². The Morgan fingerprint density at radius 1 is 1.04 bits per heavy atom. The smallest absolute Gasteiger partial charge is 0.303 e. The summed E-state index contributed by atoms with van der Waals surface area (Å²) in [6.45, 7) is 8.00. The second kappa shape index (κ2) is 11.1. The second-order valence-electron chi connectivity index (χ2n) is 5.36. The zero-order chi connectivity index (χ0) is 17.9. The Bertz CT molecular complexity index is 466. The van der Waals surface area contributed by atoms with Crippen molar-refractivity contribution in [3.05, 3.63) is 35.4 Å². The van der Waals surface area contributed by atoms with E-state index in [1.165, 1.54) is 6.07 Å². The van der Waals surface area contributed by atoms with Gasteiger partial charge in [0.05, 0.1) is 0 Å². The number of rotatable bonds is 4. The lowest BCUT2D eigenvalue weighted by molar-refractivity contribution is -0.137. The molecule has 1 aliphatic carbocycles. The molecule has 1 fully saturated rings. The predicted octanol–water partition coefficient (Wildman–Crippen LogP) is 6.08. The van der Waals surface area contributed by atoms with E-state index >= 15 is 0 Å². The summed E-state index contributed by atoms with van der Waals surface area (Å²) in [6.07, 6.45) is 5.42. The van der Waals surface area contributed by atoms with Gasteiger partial charge in [0.15, 0.2) is 11.6 Å². The van der Waals surface area contributed by atoms with Crippen LogP contribution in [-0.4, -0.2) is 11.1 Å². The van der Waals surface area contributed by atoms with Crippen LogP contribution in [0, 0.1) is 11.6 Å². The minimum absolute atomic E-state index is 0.0684. The van der Waals surface area contributed by atoms with Crippen LogP contribution in [0.15, 0.2) is 18.2 Å². The highest BCUT2D eigenvalue weighted by Gasteiger charge is 2.34. The molecule has 0 atom stereocenters. The Balaban J connectivity index is 0.00000112. The standard InChI is InChI=1S/C15H18F2O2.2C2H6/c16-12-5-4-11(10-13(12)17)15(9-6-14(18)19)7-2-1-3-8-15;2*1-2/h4-5,10H,1-3,6-9H2,(H,18,19);2*1-2H3. The van der Waals surface area contributed by atoms with Crippen molar-refractivity contribution in [2.24, 2.45) is 0 Å². The molecule has 1 aromatic rings. The van der Waals surface area contributed by atoms with E-state index in [-0.39, 0.29) is 11.8 Å². The van der Waals surface area contributed by atoms with Gasteiger partial charge in [-0.1, -0.05) is 53.0 Å². The molecule has 0 heterocycles. The van der Waals surface area contributed by atoms with Crippen molar-refractivity contribution in [2.45, 2.75) is 78.1 Å². The quantitative estimate of drug-likeness (QED) is 0.727. The summed E-state index contributed by atoms with van der Waals surface area (Å²) in [5.74, 6) is -2.54. The normalized spacial score (nSPS) is 15.6. The van der Waals surface area contributed by atoms with Gasteiger partial charge in [0.25, 0.3) is 0 Å². The molecule has 0 spiro atoms. The number of benzene rings is 1. The molecule has 2 nitrogen and oxygen atoms in total. The minimum atomic E-state index is -0.854. The van der Waals surface area contributed by atoms with Crippen LogP contribution in [0.2, 0.25) is 0 Å². The van der Waals surface area contributed by atoms with Gasteiger partial charge in [0, 0.05) is 6.42 Å². The number of carbonyl (C=O) groups is 1. The summed E-state index contributed by atoms with van der Waals surface area (Å²) in [5, 5.41) is 8.87. The second-order valence-corrected chi connectivity index (χ2v) is 5.36. The molecule has 0 radical (unpaired) electrons. The van der Waals surface area contributed by atoms with E-state index in [1.54, 1.807) is 6.07 Å². The maximum atomic E-state index is 13.4. The zero-order valence-electron chi connectivity index (χ0n) is 14.8. The first-order valence-corrected chi connectivity index (χ1v) is 8.71. The lowest BCUT2D eigenvalue weighted by atomic mass is 9.67. The van der Waals surface area contributed by atoms with Crippen molar-refractivity contribution in [1.82, 2.24) is 0 Å². The molecule has 0 aliphatic heterocycles. The Labute approximate surface area is 138 Å². The van der Waals surface area contributed by atoms with Gasteiger partial charge in [-0.3, -0.25) is 4.79 Å². The zero-order valence-corrected chi connectivity index (χ0v) is 14.8. The molecule has 0 unspecified atom stereocenters. The Morgan fingerprint density at radius 2 is 1.61 bits per heavy atom. The molecule has 2 rings (SSSR count). The van der Waals surface area contributed by atoms with Crippen molar-refractivity contribution in [3.8, 4) is 0 Å². The van der Waals surface area contributed by atoms with Crippen molar-refractivity contribution in [1.29, 1.82) is 0 Å². The van der Waals surface area contributed by atoms with Crippen LogP contribution in [0.4, 0.5) is 8.78 Å². The van der Waals surface area contributed by atoms with Crippen molar-refractivity contribution in [3.63, 3.8) is 0 Å². The maximum Gasteiger partial charge on any atom is 0.303 e. The molecule has 23 heavy (non-hydrogen) atoms. The Morgan fingerprint density at radius 3 is 2.09 bits per heavy atom. The summed E-state index contributed by atoms with van der Waals surface area (Å²) >= 11 is 0. The molecular weight excluding hydrogens is 298 g/mol. The lowest BCUT2D eigenvalue weighted by Gasteiger charge is -2.37. The fraction of sp³-hybridized carbons (Fsp3) is 0.632. The average molecular weight is 328 g/mol. The van der Waals surface area contributed by atoms with Crippen molar-refractivity contribution >= 4 is 5.97 Å². The predicted molar refractivity (Wildman–Crippen MR) is 90.7 cm³/mol. The molecule has 0 bridgehead atoms. The minimum Gasteiger partial charge on any atom is -0.481 e. The van der Waals surface area contributed by atoms with Crippen LogP contribution in [0.3, 0.4) is 0 Å². The van der Waals surface area contributed by atoms with E-state index in [9.17, 15) is 13.6 Å². The molecular formula is C19H30F2O2. The van der Waals surface area contributed by atoms with Crippen molar-refractivity contribution < 1.29 is 18.7 Å². The third-order valence-electron chi connectivity index (χ3n) is 4.16. The third-order valence-corrected chi connectivity index (χ3v) is 4.16. The monoisotopic (exact) mass is 328 g/mol. The summed E-state index contributed by atoms with van der Waals surface area (Å²) in [5.41, 5.74) is 0.443. The molecule has 1 aliphatic rings. The number of carboxylic acids is 1. The molecule has 0 aromatic heterocycles. The molecule has 1 saturated carbocycles. The van der Waals surface area contributed by atoms with E-state index in [2.05, 4.69) is 0 Å². The highest BCUT2D eigenvalue weighted by atomic mass is 19.2. The van der Waals surface area contributed by atoms with Crippen LogP contribution in [0.1, 0.15) is 78.2 Å². The van der Waals surface area contributed by atoms with Gasteiger partial charge in [-0.25, -0.2) is 8.78 Å². The first-order valence-electron chi connectivity index (χ1n) is 8.71. The van der Waals surface area contributed by atoms with Crippen molar-refractivity contribution in [2.75, 3.05) is 0 Å². The third kappa shape index (κ3) is 6.28. The van der Waals surface area contributed by atoms with Crippen LogP contribution >= 0.6 is 0 Å². The number of carboxylic acid groups (broad SMARTS) is 1. The molecule has 0 saturated heterocycles. The number of hydrogen-bond acceptors (Lipinski definition) is 1. The maximum absolute atomic E-state index is 13.4. The largest absolute Gasteiger partial charge is 0.481 e. The fourth-order valence-corrected chi connectivity index (χ4v) is 3.08. The van der Waals surface area contributed by atoms with E-state index < -0.39 is 17.6 Å². The first-order chi connectivity index (χ1) is 11.0. The fourth-order valence-electron chi connectivity index (χ4n) is 3.08. The van der Waals surface area contributed by atoms with Gasteiger partial charge in [-0.2, -0.15) is 0 Å². The van der Waals surface area contributed by atoms with Crippen LogP contribution in [-0.2, 0) is 10.2 Å². The summed E-state index contributed by atoms with van der Waals surface area (Å²) in [6, 6.07) is 3.98. The molecule has 1 N–H and O–H groups in total. The molecule has 0 amide bonds. The van der Waals surface area contributed by atoms with E-state index in [0.29, 0.717) is 6.42 Å². The molecule has 132 valence electrons. The summed E-state index contributed by atoms with van der Waals surface area (Å²) < 4.78 is 26.4. The molecule has 1 aromatic carbocycles. The van der Waals surface area contributed by atoms with E-state index in [1.807, 2.05) is 27.7 Å².